The van der Waals surface area contributed by atoms with Crippen molar-refractivity contribution in [2.45, 2.75) is 33.0 Å². The molecule has 1 atom stereocenters. The van der Waals surface area contributed by atoms with Crippen LogP contribution in [0.2, 0.25) is 0 Å². The van der Waals surface area contributed by atoms with Gasteiger partial charge in [0.15, 0.2) is 0 Å². The zero-order valence-corrected chi connectivity index (χ0v) is 8.67. The quantitative estimate of drug-likeness (QED) is 0.788. The Morgan fingerprint density at radius 2 is 2.43 bits per heavy atom. The summed E-state index contributed by atoms with van der Waals surface area (Å²) < 4.78 is 11.1. The Kier molecular flexibility index (Phi) is 2.84. The minimum atomic E-state index is 0.322. The summed E-state index contributed by atoms with van der Waals surface area (Å²) in [6, 6.07) is 0. The number of aryl methyl sites for hydroxylation is 2. The van der Waals surface area contributed by atoms with Gasteiger partial charge in [0.2, 0.25) is 5.89 Å². The van der Waals surface area contributed by atoms with E-state index in [9.17, 15) is 0 Å². The fraction of sp³-hybridized carbons (Fsp3) is 0.700. The van der Waals surface area contributed by atoms with Gasteiger partial charge < -0.3 is 14.5 Å². The van der Waals surface area contributed by atoms with Crippen LogP contribution in [-0.4, -0.2) is 24.2 Å². The van der Waals surface area contributed by atoms with Crippen LogP contribution in [0.4, 0.5) is 0 Å². The maximum atomic E-state index is 5.64. The normalized spacial score (nSPS) is 21.7. The number of aromatic nitrogens is 1. The van der Waals surface area contributed by atoms with E-state index in [1.54, 1.807) is 0 Å². The molecular formula is C10H16N2O2. The van der Waals surface area contributed by atoms with Crippen molar-refractivity contribution in [2.75, 3.05) is 13.1 Å². The van der Waals surface area contributed by atoms with Gasteiger partial charge in [-0.05, 0) is 26.8 Å². The van der Waals surface area contributed by atoms with Crippen LogP contribution in [-0.2, 0) is 11.3 Å². The van der Waals surface area contributed by atoms with Crippen LogP contribution in [0.3, 0.4) is 0 Å². The lowest BCUT2D eigenvalue weighted by Gasteiger charge is -2.07. The third-order valence-corrected chi connectivity index (χ3v) is 2.53. The molecule has 2 heterocycles. The Hall–Kier alpha value is -0.870. The summed E-state index contributed by atoms with van der Waals surface area (Å²) in [5.41, 5.74) is 0.952. The van der Waals surface area contributed by atoms with Crippen molar-refractivity contribution < 1.29 is 9.15 Å². The molecule has 1 fully saturated rings. The molecule has 78 valence electrons. The van der Waals surface area contributed by atoms with Crippen molar-refractivity contribution in [3.8, 4) is 0 Å². The molecule has 0 amide bonds. The zero-order valence-electron chi connectivity index (χ0n) is 8.67. The first-order chi connectivity index (χ1) is 6.75. The molecular weight excluding hydrogens is 180 g/mol. The molecule has 0 bridgehead atoms. The van der Waals surface area contributed by atoms with Gasteiger partial charge in [-0.1, -0.05) is 0 Å². The van der Waals surface area contributed by atoms with Crippen LogP contribution in [0, 0.1) is 13.8 Å². The average Bonchev–Trinajstić information content (AvgIpc) is 2.74. The second kappa shape index (κ2) is 4.11. The van der Waals surface area contributed by atoms with Gasteiger partial charge in [0.25, 0.3) is 0 Å². The molecule has 0 spiro atoms. The van der Waals surface area contributed by atoms with Crippen LogP contribution >= 0.6 is 0 Å². The van der Waals surface area contributed by atoms with Gasteiger partial charge in [0, 0.05) is 6.54 Å². The third-order valence-electron chi connectivity index (χ3n) is 2.53. The lowest BCUT2D eigenvalue weighted by molar-refractivity contribution is 0.0408. The number of nitrogens with zero attached hydrogens (tertiary/aromatic N) is 1. The molecule has 1 aromatic rings. The van der Waals surface area contributed by atoms with Gasteiger partial charge in [-0.25, -0.2) is 4.98 Å². The van der Waals surface area contributed by atoms with Crippen LogP contribution in [0.15, 0.2) is 4.42 Å². The average molecular weight is 196 g/mol. The van der Waals surface area contributed by atoms with E-state index in [4.69, 9.17) is 9.15 Å². The van der Waals surface area contributed by atoms with Gasteiger partial charge >= 0.3 is 0 Å². The molecule has 1 saturated heterocycles. The molecule has 1 N–H and O–H groups in total. The van der Waals surface area contributed by atoms with E-state index in [2.05, 4.69) is 10.3 Å². The molecule has 1 aliphatic heterocycles. The fourth-order valence-electron chi connectivity index (χ4n) is 1.56. The molecule has 14 heavy (non-hydrogen) atoms. The first-order valence-electron chi connectivity index (χ1n) is 5.01. The summed E-state index contributed by atoms with van der Waals surface area (Å²) in [5.74, 6) is 1.57. The number of ether oxygens (including phenoxy) is 1. The molecule has 1 aliphatic rings. The van der Waals surface area contributed by atoms with Crippen LogP contribution in [0.25, 0.3) is 0 Å². The molecule has 4 heteroatoms. The maximum absolute atomic E-state index is 5.64. The molecule has 0 aromatic carbocycles. The third kappa shape index (κ3) is 2.13. The first-order valence-corrected chi connectivity index (χ1v) is 5.01. The van der Waals surface area contributed by atoms with Crippen molar-refractivity contribution in [1.29, 1.82) is 0 Å². The lowest BCUT2D eigenvalue weighted by Crippen LogP contribution is -2.16. The van der Waals surface area contributed by atoms with Crippen LogP contribution in [0.5, 0.6) is 0 Å². The van der Waals surface area contributed by atoms with Gasteiger partial charge in [0.1, 0.15) is 12.4 Å². The van der Waals surface area contributed by atoms with Gasteiger partial charge in [-0.3, -0.25) is 0 Å². The van der Waals surface area contributed by atoms with Gasteiger partial charge in [-0.15, -0.1) is 0 Å². The number of hydrogen-bond acceptors (Lipinski definition) is 4. The zero-order chi connectivity index (χ0) is 9.97. The van der Waals surface area contributed by atoms with E-state index in [1.807, 2.05) is 13.8 Å². The summed E-state index contributed by atoms with van der Waals surface area (Å²) in [6.07, 6.45) is 1.40. The van der Waals surface area contributed by atoms with E-state index in [0.29, 0.717) is 18.6 Å². The smallest absolute Gasteiger partial charge is 0.220 e. The standard InChI is InChI=1S/C10H16N2O2/c1-7-8(2)14-10(12-7)6-13-9-3-4-11-5-9/h9,11H,3-6H2,1-2H3. The highest BCUT2D eigenvalue weighted by Gasteiger charge is 2.16. The summed E-state index contributed by atoms with van der Waals surface area (Å²) >= 11 is 0. The second-order valence-corrected chi connectivity index (χ2v) is 3.68. The Morgan fingerprint density at radius 3 is 3.00 bits per heavy atom. The largest absolute Gasteiger partial charge is 0.443 e. The molecule has 0 aliphatic carbocycles. The second-order valence-electron chi connectivity index (χ2n) is 3.68. The fourth-order valence-corrected chi connectivity index (χ4v) is 1.56. The molecule has 1 aromatic heterocycles. The minimum Gasteiger partial charge on any atom is -0.443 e. The first kappa shape index (κ1) is 9.68. The number of hydrogen-bond donors (Lipinski definition) is 1. The van der Waals surface area contributed by atoms with E-state index >= 15 is 0 Å². The summed E-state index contributed by atoms with van der Waals surface area (Å²) in [6.45, 7) is 6.34. The van der Waals surface area contributed by atoms with Crippen molar-refractivity contribution in [2.24, 2.45) is 0 Å². The summed E-state index contributed by atoms with van der Waals surface area (Å²) in [7, 11) is 0. The predicted molar refractivity (Wildman–Crippen MR) is 52.0 cm³/mol. The predicted octanol–water partition coefficient (Wildman–Crippen LogP) is 1.17. The Morgan fingerprint density at radius 1 is 1.57 bits per heavy atom. The molecule has 0 saturated carbocycles. The Labute approximate surface area is 83.7 Å². The minimum absolute atomic E-state index is 0.322. The Bertz CT molecular complexity index is 284. The summed E-state index contributed by atoms with van der Waals surface area (Å²) in [4.78, 5) is 4.26. The monoisotopic (exact) mass is 196 g/mol. The van der Waals surface area contributed by atoms with Crippen LogP contribution < -0.4 is 5.32 Å². The summed E-state index contributed by atoms with van der Waals surface area (Å²) in [5, 5.41) is 3.25. The maximum Gasteiger partial charge on any atom is 0.220 e. The van der Waals surface area contributed by atoms with Gasteiger partial charge in [0.05, 0.1) is 11.8 Å². The van der Waals surface area contributed by atoms with E-state index in [-0.39, 0.29) is 0 Å². The van der Waals surface area contributed by atoms with E-state index in [0.717, 1.165) is 31.0 Å². The van der Waals surface area contributed by atoms with Crippen LogP contribution in [0.1, 0.15) is 23.8 Å². The highest BCUT2D eigenvalue weighted by Crippen LogP contribution is 2.11. The van der Waals surface area contributed by atoms with Crippen molar-refractivity contribution >= 4 is 0 Å². The SMILES string of the molecule is Cc1nc(COC2CCNC2)oc1C. The highest BCUT2D eigenvalue weighted by atomic mass is 16.5. The topological polar surface area (TPSA) is 47.3 Å². The molecule has 4 nitrogen and oxygen atoms in total. The molecule has 1 unspecified atom stereocenters. The van der Waals surface area contributed by atoms with Crippen molar-refractivity contribution in [1.82, 2.24) is 10.3 Å². The highest BCUT2D eigenvalue weighted by molar-refractivity contribution is 5.04. The number of oxazole rings is 1. The number of rotatable bonds is 3. The van der Waals surface area contributed by atoms with Crippen molar-refractivity contribution in [3.63, 3.8) is 0 Å². The Balaban J connectivity index is 1.85. The van der Waals surface area contributed by atoms with Crippen molar-refractivity contribution in [3.05, 3.63) is 17.3 Å². The number of nitrogens with one attached hydrogen (secondary N) is 1. The van der Waals surface area contributed by atoms with Gasteiger partial charge in [-0.2, -0.15) is 0 Å². The van der Waals surface area contributed by atoms with E-state index in [1.165, 1.54) is 0 Å². The lowest BCUT2D eigenvalue weighted by atomic mass is 10.3. The molecule has 2 rings (SSSR count). The van der Waals surface area contributed by atoms with E-state index < -0.39 is 0 Å². The molecule has 0 radical (unpaired) electrons.